The zero-order valence-electron chi connectivity index (χ0n) is 14.8. The van der Waals surface area contributed by atoms with Gasteiger partial charge in [-0.2, -0.15) is 0 Å². The molecule has 0 unspecified atom stereocenters. The number of unbranched alkanes of at least 4 members (excludes halogenated alkanes) is 1. The van der Waals surface area contributed by atoms with Gasteiger partial charge in [-0.05, 0) is 52.5 Å². The molecule has 0 saturated carbocycles. The molecule has 0 aliphatic rings. The molecule has 0 spiro atoms. The molecular weight excluding hydrogens is 394 g/mol. The second-order valence-corrected chi connectivity index (χ2v) is 6.94. The highest BCUT2D eigenvalue weighted by molar-refractivity contribution is 9.10. The van der Waals surface area contributed by atoms with E-state index in [1.165, 1.54) is 0 Å². The lowest BCUT2D eigenvalue weighted by molar-refractivity contribution is 0.216. The smallest absolute Gasteiger partial charge is 0.203 e. The number of ether oxygens (including phenoxy) is 2. The fourth-order valence-electron chi connectivity index (χ4n) is 2.79. The summed E-state index contributed by atoms with van der Waals surface area (Å²) in [6, 6.07) is 13.5. The molecule has 3 aromatic rings. The van der Waals surface area contributed by atoms with E-state index in [0.29, 0.717) is 23.1 Å². The van der Waals surface area contributed by atoms with Gasteiger partial charge in [0, 0.05) is 17.6 Å². The Kier molecular flexibility index (Phi) is 6.34. The van der Waals surface area contributed by atoms with Crippen LogP contribution in [-0.2, 0) is 6.42 Å². The molecule has 1 heterocycles. The number of benzene rings is 2. The minimum Gasteiger partial charge on any atom is -0.490 e. The quantitative estimate of drug-likeness (QED) is 0.521. The second kappa shape index (κ2) is 8.90. The minimum atomic E-state index is -0.00420. The Morgan fingerprint density at radius 1 is 1.08 bits per heavy atom. The van der Waals surface area contributed by atoms with E-state index in [2.05, 4.69) is 27.8 Å². The third-order valence-corrected chi connectivity index (χ3v) is 4.76. The Bertz CT molecular complexity index is 922. The van der Waals surface area contributed by atoms with Crippen LogP contribution in [-0.4, -0.2) is 18.2 Å². The SMILES string of the molecule is CCCCc1cc2c(=O)c(Br)c[nH]c2cc1OCCOc1ccccc1. The number of halogens is 1. The van der Waals surface area contributed by atoms with Crippen molar-refractivity contribution < 1.29 is 9.47 Å². The largest absolute Gasteiger partial charge is 0.490 e. The van der Waals surface area contributed by atoms with Crippen LogP contribution in [0.15, 0.2) is 57.9 Å². The van der Waals surface area contributed by atoms with Crippen LogP contribution in [0.4, 0.5) is 0 Å². The van der Waals surface area contributed by atoms with Gasteiger partial charge in [-0.15, -0.1) is 0 Å². The number of pyridine rings is 1. The number of H-pyrrole nitrogens is 1. The van der Waals surface area contributed by atoms with Gasteiger partial charge in [0.05, 0.1) is 9.99 Å². The summed E-state index contributed by atoms with van der Waals surface area (Å²) in [7, 11) is 0. The van der Waals surface area contributed by atoms with Crippen LogP contribution in [0.5, 0.6) is 11.5 Å². The van der Waals surface area contributed by atoms with Crippen molar-refractivity contribution in [2.24, 2.45) is 0 Å². The van der Waals surface area contributed by atoms with Crippen LogP contribution in [0.25, 0.3) is 10.9 Å². The summed E-state index contributed by atoms with van der Waals surface area (Å²) >= 11 is 3.29. The standard InChI is InChI=1S/C21H22BrNO3/c1-2-3-7-15-12-17-19(23-14-18(22)21(17)24)13-20(15)26-11-10-25-16-8-5-4-6-9-16/h4-6,8-9,12-14H,2-3,7,10-11H2,1H3,(H,23,24). The first-order valence-corrected chi connectivity index (χ1v) is 9.63. The summed E-state index contributed by atoms with van der Waals surface area (Å²) in [5.74, 6) is 1.63. The van der Waals surface area contributed by atoms with E-state index in [4.69, 9.17) is 9.47 Å². The Morgan fingerprint density at radius 2 is 1.85 bits per heavy atom. The monoisotopic (exact) mass is 415 g/mol. The Hall–Kier alpha value is -2.27. The van der Waals surface area contributed by atoms with Crippen molar-refractivity contribution in [3.63, 3.8) is 0 Å². The van der Waals surface area contributed by atoms with E-state index in [-0.39, 0.29) is 5.43 Å². The van der Waals surface area contributed by atoms with Crippen molar-refractivity contribution >= 4 is 26.8 Å². The summed E-state index contributed by atoms with van der Waals surface area (Å²) in [5.41, 5.74) is 1.83. The van der Waals surface area contributed by atoms with E-state index in [1.54, 1.807) is 6.20 Å². The highest BCUT2D eigenvalue weighted by Crippen LogP contribution is 2.26. The number of aromatic nitrogens is 1. The number of rotatable bonds is 8. The number of aryl methyl sites for hydroxylation is 1. The molecule has 0 aliphatic carbocycles. The summed E-state index contributed by atoms with van der Waals surface area (Å²) in [4.78, 5) is 15.5. The van der Waals surface area contributed by atoms with Gasteiger partial charge >= 0.3 is 0 Å². The zero-order chi connectivity index (χ0) is 18.4. The Labute approximate surface area is 161 Å². The highest BCUT2D eigenvalue weighted by Gasteiger charge is 2.10. The van der Waals surface area contributed by atoms with Crippen molar-refractivity contribution in [3.8, 4) is 11.5 Å². The van der Waals surface area contributed by atoms with Gasteiger partial charge in [0.15, 0.2) is 0 Å². The molecule has 0 aliphatic heterocycles. The van der Waals surface area contributed by atoms with Crippen LogP contribution >= 0.6 is 15.9 Å². The number of para-hydroxylation sites is 1. The fourth-order valence-corrected chi connectivity index (χ4v) is 3.12. The summed E-state index contributed by atoms with van der Waals surface area (Å²) < 4.78 is 12.2. The van der Waals surface area contributed by atoms with Crippen LogP contribution in [0.1, 0.15) is 25.3 Å². The van der Waals surface area contributed by atoms with Crippen LogP contribution in [0, 0.1) is 0 Å². The lowest BCUT2D eigenvalue weighted by Gasteiger charge is -2.13. The molecule has 5 heteroatoms. The third kappa shape index (κ3) is 4.47. The average molecular weight is 416 g/mol. The van der Waals surface area contributed by atoms with E-state index in [0.717, 1.165) is 41.8 Å². The Morgan fingerprint density at radius 3 is 2.62 bits per heavy atom. The van der Waals surface area contributed by atoms with Crippen LogP contribution < -0.4 is 14.9 Å². The molecule has 26 heavy (non-hydrogen) atoms. The molecule has 0 bridgehead atoms. The maximum Gasteiger partial charge on any atom is 0.203 e. The molecule has 1 aromatic heterocycles. The molecule has 0 fully saturated rings. The van der Waals surface area contributed by atoms with Crippen molar-refractivity contribution in [1.29, 1.82) is 0 Å². The van der Waals surface area contributed by atoms with E-state index in [9.17, 15) is 4.79 Å². The molecule has 136 valence electrons. The van der Waals surface area contributed by atoms with Gasteiger partial charge in [-0.3, -0.25) is 4.79 Å². The van der Waals surface area contributed by atoms with Gasteiger partial charge in [0.25, 0.3) is 0 Å². The molecule has 4 nitrogen and oxygen atoms in total. The molecule has 3 rings (SSSR count). The molecular formula is C21H22BrNO3. The van der Waals surface area contributed by atoms with Gasteiger partial charge in [-0.1, -0.05) is 31.5 Å². The van der Waals surface area contributed by atoms with Crippen molar-refractivity contribution in [2.45, 2.75) is 26.2 Å². The molecule has 2 aromatic carbocycles. The topological polar surface area (TPSA) is 51.3 Å². The number of fused-ring (bicyclic) bond motifs is 1. The molecule has 0 amide bonds. The van der Waals surface area contributed by atoms with Crippen molar-refractivity contribution in [2.75, 3.05) is 13.2 Å². The lowest BCUT2D eigenvalue weighted by Crippen LogP contribution is -2.11. The normalized spacial score (nSPS) is 10.8. The fraction of sp³-hybridized carbons (Fsp3) is 0.286. The first-order valence-electron chi connectivity index (χ1n) is 8.83. The van der Waals surface area contributed by atoms with Crippen LogP contribution in [0.3, 0.4) is 0 Å². The summed E-state index contributed by atoms with van der Waals surface area (Å²) in [6.07, 6.45) is 4.68. The predicted octanol–water partition coefficient (Wildman–Crippen LogP) is 5.09. The van der Waals surface area contributed by atoms with Gasteiger partial charge in [0.2, 0.25) is 5.43 Å². The van der Waals surface area contributed by atoms with E-state index < -0.39 is 0 Å². The molecule has 0 atom stereocenters. The number of hydrogen-bond acceptors (Lipinski definition) is 3. The third-order valence-electron chi connectivity index (χ3n) is 4.17. The maximum atomic E-state index is 12.4. The molecule has 1 N–H and O–H groups in total. The Balaban J connectivity index is 1.76. The summed E-state index contributed by atoms with van der Waals surface area (Å²) in [5, 5.41) is 0.679. The zero-order valence-corrected chi connectivity index (χ0v) is 16.3. The summed E-state index contributed by atoms with van der Waals surface area (Å²) in [6.45, 7) is 3.06. The number of hydrogen-bond donors (Lipinski definition) is 1. The van der Waals surface area contributed by atoms with Gasteiger partial charge in [0.1, 0.15) is 24.7 Å². The molecule has 0 radical (unpaired) electrons. The second-order valence-electron chi connectivity index (χ2n) is 6.08. The first-order chi connectivity index (χ1) is 12.7. The minimum absolute atomic E-state index is 0.00420. The first kappa shape index (κ1) is 18.5. The maximum absolute atomic E-state index is 12.4. The van der Waals surface area contributed by atoms with Gasteiger partial charge < -0.3 is 14.5 Å². The van der Waals surface area contributed by atoms with Crippen LogP contribution in [0.2, 0.25) is 0 Å². The van der Waals surface area contributed by atoms with Crippen molar-refractivity contribution in [1.82, 2.24) is 4.98 Å². The van der Waals surface area contributed by atoms with E-state index >= 15 is 0 Å². The number of nitrogens with one attached hydrogen (secondary N) is 1. The molecule has 0 saturated heterocycles. The van der Waals surface area contributed by atoms with E-state index in [1.807, 2.05) is 42.5 Å². The van der Waals surface area contributed by atoms with Gasteiger partial charge in [-0.25, -0.2) is 0 Å². The average Bonchev–Trinajstić information content (AvgIpc) is 2.67. The highest BCUT2D eigenvalue weighted by atomic mass is 79.9. The number of aromatic amines is 1. The lowest BCUT2D eigenvalue weighted by atomic mass is 10.0. The van der Waals surface area contributed by atoms with Crippen molar-refractivity contribution in [3.05, 3.63) is 68.9 Å². The predicted molar refractivity (Wildman–Crippen MR) is 108 cm³/mol.